The van der Waals surface area contributed by atoms with Crippen LogP contribution in [0.15, 0.2) is 24.4 Å². The van der Waals surface area contributed by atoms with Crippen molar-refractivity contribution in [3.05, 3.63) is 46.5 Å². The van der Waals surface area contributed by atoms with E-state index in [0.717, 1.165) is 0 Å². The Labute approximate surface area is 110 Å². The van der Waals surface area contributed by atoms with E-state index in [1.807, 2.05) is 13.8 Å². The second kappa shape index (κ2) is 4.66. The van der Waals surface area contributed by atoms with Crippen LogP contribution < -0.4 is 5.73 Å². The van der Waals surface area contributed by atoms with Gasteiger partial charge in [0.1, 0.15) is 11.5 Å². The van der Waals surface area contributed by atoms with Gasteiger partial charge in [0.05, 0.1) is 18.3 Å². The number of hydrogen-bond donors (Lipinski definition) is 1. The fourth-order valence-corrected chi connectivity index (χ4v) is 1.74. The van der Waals surface area contributed by atoms with E-state index < -0.39 is 5.54 Å². The summed E-state index contributed by atoms with van der Waals surface area (Å²) in [6, 6.07) is 4.58. The van der Waals surface area contributed by atoms with E-state index in [9.17, 15) is 4.39 Å². The molecule has 0 aliphatic heterocycles. The van der Waals surface area contributed by atoms with Gasteiger partial charge in [0.25, 0.3) is 0 Å². The van der Waals surface area contributed by atoms with Crippen molar-refractivity contribution in [2.75, 3.05) is 0 Å². The van der Waals surface area contributed by atoms with Gasteiger partial charge in [-0.1, -0.05) is 22.9 Å². The molecule has 0 atom stereocenters. The summed E-state index contributed by atoms with van der Waals surface area (Å²) >= 11 is 5.95. The summed E-state index contributed by atoms with van der Waals surface area (Å²) in [6.45, 7) is 3.89. The highest BCUT2D eigenvalue weighted by atomic mass is 35.5. The van der Waals surface area contributed by atoms with Crippen molar-refractivity contribution in [1.82, 2.24) is 15.0 Å². The average Bonchev–Trinajstić information content (AvgIpc) is 2.72. The Morgan fingerprint density at radius 2 is 2.17 bits per heavy atom. The number of rotatable bonds is 3. The molecule has 6 heteroatoms. The van der Waals surface area contributed by atoms with Crippen molar-refractivity contribution < 1.29 is 4.39 Å². The quantitative estimate of drug-likeness (QED) is 0.929. The predicted octanol–water partition coefficient (Wildman–Crippen LogP) is 2.31. The monoisotopic (exact) mass is 268 g/mol. The molecule has 2 aromatic rings. The van der Waals surface area contributed by atoms with Gasteiger partial charge in [-0.05, 0) is 26.0 Å². The smallest absolute Gasteiger partial charge is 0.129 e. The summed E-state index contributed by atoms with van der Waals surface area (Å²) in [7, 11) is 0. The number of nitrogens with zero attached hydrogens (tertiary/aromatic N) is 3. The van der Waals surface area contributed by atoms with Crippen molar-refractivity contribution in [2.24, 2.45) is 5.73 Å². The third kappa shape index (κ3) is 2.68. The second-order valence-electron chi connectivity index (χ2n) is 4.72. The van der Waals surface area contributed by atoms with Gasteiger partial charge < -0.3 is 5.73 Å². The molecule has 0 radical (unpaired) electrons. The molecule has 1 aromatic heterocycles. The standard InChI is InChI=1S/C12H14ClFN4/c1-12(2,15)11-7-18(17-16-11)6-8-9(13)4-3-5-10(8)14/h3-5,7H,6,15H2,1-2H3. The number of nitrogens with two attached hydrogens (primary N) is 1. The first kappa shape index (κ1) is 13.0. The van der Waals surface area contributed by atoms with Gasteiger partial charge in [-0.3, -0.25) is 0 Å². The van der Waals surface area contributed by atoms with Crippen molar-refractivity contribution in [3.8, 4) is 0 Å². The number of benzene rings is 1. The van der Waals surface area contributed by atoms with E-state index in [2.05, 4.69) is 10.3 Å². The van der Waals surface area contributed by atoms with Crippen molar-refractivity contribution in [1.29, 1.82) is 0 Å². The normalized spacial score (nSPS) is 11.8. The average molecular weight is 269 g/mol. The molecular formula is C12H14ClFN4. The first-order valence-electron chi connectivity index (χ1n) is 5.50. The molecule has 18 heavy (non-hydrogen) atoms. The number of hydrogen-bond acceptors (Lipinski definition) is 3. The van der Waals surface area contributed by atoms with Crippen LogP contribution in [0.5, 0.6) is 0 Å². The van der Waals surface area contributed by atoms with Crippen molar-refractivity contribution in [3.63, 3.8) is 0 Å². The molecule has 2 N–H and O–H groups in total. The van der Waals surface area contributed by atoms with Crippen LogP contribution in [0, 0.1) is 5.82 Å². The maximum Gasteiger partial charge on any atom is 0.129 e. The summed E-state index contributed by atoms with van der Waals surface area (Å²) in [6.07, 6.45) is 1.70. The van der Waals surface area contributed by atoms with E-state index in [1.54, 1.807) is 18.3 Å². The summed E-state index contributed by atoms with van der Waals surface area (Å²) in [5, 5.41) is 8.26. The highest BCUT2D eigenvalue weighted by molar-refractivity contribution is 6.31. The van der Waals surface area contributed by atoms with Gasteiger partial charge in [0, 0.05) is 10.6 Å². The summed E-state index contributed by atoms with van der Waals surface area (Å²) < 4.78 is 15.1. The molecule has 4 nitrogen and oxygen atoms in total. The maximum absolute atomic E-state index is 13.6. The topological polar surface area (TPSA) is 56.7 Å². The van der Waals surface area contributed by atoms with Gasteiger partial charge in [-0.15, -0.1) is 5.10 Å². The van der Waals surface area contributed by atoms with Crippen LogP contribution in [0.1, 0.15) is 25.1 Å². The molecule has 96 valence electrons. The zero-order valence-corrected chi connectivity index (χ0v) is 10.9. The molecule has 0 aliphatic carbocycles. The van der Waals surface area contributed by atoms with Gasteiger partial charge >= 0.3 is 0 Å². The van der Waals surface area contributed by atoms with E-state index in [0.29, 0.717) is 16.3 Å². The zero-order valence-electron chi connectivity index (χ0n) is 10.2. The number of aromatic nitrogens is 3. The fourth-order valence-electron chi connectivity index (χ4n) is 1.52. The van der Waals surface area contributed by atoms with Crippen LogP contribution in [-0.2, 0) is 12.1 Å². The molecule has 2 rings (SSSR count). The second-order valence-corrected chi connectivity index (χ2v) is 5.13. The Morgan fingerprint density at radius 3 is 2.72 bits per heavy atom. The Balaban J connectivity index is 2.27. The SMILES string of the molecule is CC(C)(N)c1cn(Cc2c(F)cccc2Cl)nn1. The van der Waals surface area contributed by atoms with E-state index in [-0.39, 0.29) is 12.4 Å². The van der Waals surface area contributed by atoms with Crippen LogP contribution in [0.4, 0.5) is 4.39 Å². The van der Waals surface area contributed by atoms with Crippen LogP contribution in [0.2, 0.25) is 5.02 Å². The van der Waals surface area contributed by atoms with Gasteiger partial charge in [0.15, 0.2) is 0 Å². The van der Waals surface area contributed by atoms with E-state index in [4.69, 9.17) is 17.3 Å². The molecule has 0 spiro atoms. The molecule has 0 saturated carbocycles. The molecule has 0 aliphatic rings. The third-order valence-electron chi connectivity index (χ3n) is 2.58. The van der Waals surface area contributed by atoms with Crippen molar-refractivity contribution in [2.45, 2.75) is 25.9 Å². The lowest BCUT2D eigenvalue weighted by molar-refractivity contribution is 0.533. The minimum absolute atomic E-state index is 0.231. The van der Waals surface area contributed by atoms with Crippen LogP contribution in [-0.4, -0.2) is 15.0 Å². The molecule has 0 unspecified atom stereocenters. The highest BCUT2D eigenvalue weighted by Crippen LogP contribution is 2.20. The minimum atomic E-state index is -0.572. The Hall–Kier alpha value is -1.46. The van der Waals surface area contributed by atoms with Crippen molar-refractivity contribution >= 4 is 11.6 Å². The van der Waals surface area contributed by atoms with Gasteiger partial charge in [0.2, 0.25) is 0 Å². The Morgan fingerprint density at radius 1 is 1.44 bits per heavy atom. The summed E-state index contributed by atoms with van der Waals surface area (Å²) in [5.41, 5.74) is 6.38. The van der Waals surface area contributed by atoms with Crippen LogP contribution in [0.25, 0.3) is 0 Å². The molecule has 1 aromatic carbocycles. The third-order valence-corrected chi connectivity index (χ3v) is 2.93. The largest absolute Gasteiger partial charge is 0.320 e. The molecular weight excluding hydrogens is 255 g/mol. The molecule has 1 heterocycles. The van der Waals surface area contributed by atoms with E-state index in [1.165, 1.54) is 10.7 Å². The Bertz CT molecular complexity index is 539. The Kier molecular flexibility index (Phi) is 3.36. The van der Waals surface area contributed by atoms with Crippen LogP contribution in [0.3, 0.4) is 0 Å². The predicted molar refractivity (Wildman–Crippen MR) is 67.7 cm³/mol. The highest BCUT2D eigenvalue weighted by Gasteiger charge is 2.18. The molecule has 0 bridgehead atoms. The van der Waals surface area contributed by atoms with Gasteiger partial charge in [-0.25, -0.2) is 9.07 Å². The lowest BCUT2D eigenvalue weighted by Gasteiger charge is -2.13. The summed E-state index contributed by atoms with van der Waals surface area (Å²) in [4.78, 5) is 0. The van der Waals surface area contributed by atoms with Crippen LogP contribution >= 0.6 is 11.6 Å². The lowest BCUT2D eigenvalue weighted by Crippen LogP contribution is -2.29. The first-order valence-corrected chi connectivity index (χ1v) is 5.88. The zero-order chi connectivity index (χ0) is 13.3. The number of halogens is 2. The first-order chi connectivity index (χ1) is 8.38. The fraction of sp³-hybridized carbons (Fsp3) is 0.333. The van der Waals surface area contributed by atoms with Gasteiger partial charge in [-0.2, -0.15) is 0 Å². The maximum atomic E-state index is 13.6. The minimum Gasteiger partial charge on any atom is -0.320 e. The molecule has 0 saturated heterocycles. The summed E-state index contributed by atoms with van der Waals surface area (Å²) in [5.74, 6) is -0.355. The molecule has 0 fully saturated rings. The lowest BCUT2D eigenvalue weighted by atomic mass is 10.0. The molecule has 0 amide bonds. The van der Waals surface area contributed by atoms with E-state index >= 15 is 0 Å².